The number of halogens is 1. The van der Waals surface area contributed by atoms with Crippen molar-refractivity contribution in [2.24, 2.45) is 5.73 Å². The summed E-state index contributed by atoms with van der Waals surface area (Å²) >= 11 is 6.83. The van der Waals surface area contributed by atoms with E-state index in [1.165, 1.54) is 24.3 Å². The Balaban J connectivity index is 1.63. The van der Waals surface area contributed by atoms with Gasteiger partial charge in [-0.25, -0.2) is 0 Å². The summed E-state index contributed by atoms with van der Waals surface area (Å²) in [5.41, 5.74) is 6.48. The Hall–Kier alpha value is -3.04. The van der Waals surface area contributed by atoms with Crippen molar-refractivity contribution in [3.63, 3.8) is 0 Å². The molecule has 0 atom stereocenters. The standard InChI is InChI=1S/C19H18ClN3O5S/c20-13-3-7-15(8-4-13)23-17(25)10-29-11-18(26)28-9-16(24)22-14-5-1-12(2-6-14)19(21)27/h1-8H,9-11H2,(H2,21,27)(H,22,24)(H,23,25). The first-order valence-corrected chi connectivity index (χ1v) is 9.85. The Bertz CT molecular complexity index is 888. The highest BCUT2D eigenvalue weighted by Crippen LogP contribution is 2.14. The highest BCUT2D eigenvalue weighted by Gasteiger charge is 2.10. The second-order valence-electron chi connectivity index (χ2n) is 5.70. The SMILES string of the molecule is NC(=O)c1ccc(NC(=O)COC(=O)CSCC(=O)Nc2ccc(Cl)cc2)cc1. The average molecular weight is 436 g/mol. The minimum absolute atomic E-state index is 0.0517. The fraction of sp³-hybridized carbons (Fsp3) is 0.158. The Labute approximate surface area is 176 Å². The monoisotopic (exact) mass is 435 g/mol. The van der Waals surface area contributed by atoms with Gasteiger partial charge < -0.3 is 21.1 Å². The van der Waals surface area contributed by atoms with Gasteiger partial charge in [-0.15, -0.1) is 11.8 Å². The van der Waals surface area contributed by atoms with E-state index in [9.17, 15) is 19.2 Å². The maximum absolute atomic E-state index is 11.8. The number of hydrogen-bond donors (Lipinski definition) is 3. The van der Waals surface area contributed by atoms with Crippen LogP contribution >= 0.6 is 23.4 Å². The number of anilines is 2. The molecule has 0 fully saturated rings. The maximum atomic E-state index is 11.8. The van der Waals surface area contributed by atoms with Gasteiger partial charge in [0, 0.05) is 22.0 Å². The first-order valence-electron chi connectivity index (χ1n) is 8.32. The molecule has 0 heterocycles. The third kappa shape index (κ3) is 8.24. The molecule has 4 N–H and O–H groups in total. The van der Waals surface area contributed by atoms with Crippen LogP contribution in [0.1, 0.15) is 10.4 Å². The number of carbonyl (C=O) groups is 4. The molecule has 2 rings (SSSR count). The average Bonchev–Trinajstić information content (AvgIpc) is 2.68. The van der Waals surface area contributed by atoms with Crippen LogP contribution in [0.2, 0.25) is 5.02 Å². The number of thioether (sulfide) groups is 1. The molecule has 0 aliphatic rings. The number of nitrogens with two attached hydrogens (primary N) is 1. The zero-order valence-corrected chi connectivity index (χ0v) is 16.7. The van der Waals surface area contributed by atoms with Crippen LogP contribution in [-0.2, 0) is 19.1 Å². The zero-order valence-electron chi connectivity index (χ0n) is 15.1. The largest absolute Gasteiger partial charge is 0.455 e. The lowest BCUT2D eigenvalue weighted by molar-refractivity contribution is -0.144. The summed E-state index contributed by atoms with van der Waals surface area (Å²) in [4.78, 5) is 46.3. The van der Waals surface area contributed by atoms with Crippen molar-refractivity contribution in [1.82, 2.24) is 0 Å². The van der Waals surface area contributed by atoms with Crippen LogP contribution in [0, 0.1) is 0 Å². The van der Waals surface area contributed by atoms with Crippen LogP contribution in [0.3, 0.4) is 0 Å². The first-order chi connectivity index (χ1) is 13.8. The molecule has 0 saturated carbocycles. The van der Waals surface area contributed by atoms with E-state index in [1.54, 1.807) is 24.3 Å². The van der Waals surface area contributed by atoms with E-state index in [0.29, 0.717) is 22.0 Å². The quantitative estimate of drug-likeness (QED) is 0.518. The topological polar surface area (TPSA) is 128 Å². The molecule has 3 amide bonds. The number of ether oxygens (including phenoxy) is 1. The Morgan fingerprint density at radius 1 is 0.862 bits per heavy atom. The molecule has 0 bridgehead atoms. The molecule has 0 spiro atoms. The lowest BCUT2D eigenvalue weighted by atomic mass is 10.2. The molecular formula is C19H18ClN3O5S. The van der Waals surface area contributed by atoms with E-state index in [-0.39, 0.29) is 17.4 Å². The van der Waals surface area contributed by atoms with Gasteiger partial charge in [-0.3, -0.25) is 19.2 Å². The fourth-order valence-corrected chi connectivity index (χ4v) is 2.80. The van der Waals surface area contributed by atoms with E-state index in [4.69, 9.17) is 22.1 Å². The van der Waals surface area contributed by atoms with Gasteiger partial charge in [0.25, 0.3) is 5.91 Å². The maximum Gasteiger partial charge on any atom is 0.316 e. The predicted molar refractivity (Wildman–Crippen MR) is 112 cm³/mol. The first kappa shape index (κ1) is 22.3. The van der Waals surface area contributed by atoms with Crippen molar-refractivity contribution in [1.29, 1.82) is 0 Å². The second-order valence-corrected chi connectivity index (χ2v) is 7.12. The summed E-state index contributed by atoms with van der Waals surface area (Å²) in [7, 11) is 0. The highest BCUT2D eigenvalue weighted by atomic mass is 35.5. The van der Waals surface area contributed by atoms with E-state index >= 15 is 0 Å². The molecule has 0 unspecified atom stereocenters. The lowest BCUT2D eigenvalue weighted by Crippen LogP contribution is -2.22. The molecule has 152 valence electrons. The van der Waals surface area contributed by atoms with Gasteiger partial charge in [0.1, 0.15) is 0 Å². The summed E-state index contributed by atoms with van der Waals surface area (Å²) in [5, 5.41) is 5.75. The molecule has 8 nitrogen and oxygen atoms in total. The van der Waals surface area contributed by atoms with Crippen molar-refractivity contribution in [3.05, 3.63) is 59.1 Å². The number of benzene rings is 2. The Morgan fingerprint density at radius 2 is 1.41 bits per heavy atom. The van der Waals surface area contributed by atoms with Crippen LogP contribution in [0.5, 0.6) is 0 Å². The molecule has 0 aromatic heterocycles. The number of nitrogens with one attached hydrogen (secondary N) is 2. The summed E-state index contributed by atoms with van der Waals surface area (Å²) in [6.45, 7) is -0.464. The fourth-order valence-electron chi connectivity index (χ4n) is 2.06. The molecule has 2 aromatic carbocycles. The number of primary amides is 1. The van der Waals surface area contributed by atoms with Gasteiger partial charge in [0.15, 0.2) is 6.61 Å². The number of esters is 1. The van der Waals surface area contributed by atoms with Crippen LogP contribution in [0.4, 0.5) is 11.4 Å². The third-order valence-electron chi connectivity index (χ3n) is 3.40. The molecular weight excluding hydrogens is 418 g/mol. The molecule has 0 saturated heterocycles. The number of carbonyl (C=O) groups excluding carboxylic acids is 4. The van der Waals surface area contributed by atoms with Crippen molar-refractivity contribution in [3.8, 4) is 0 Å². The minimum Gasteiger partial charge on any atom is -0.455 e. The van der Waals surface area contributed by atoms with Crippen LogP contribution in [0.25, 0.3) is 0 Å². The van der Waals surface area contributed by atoms with E-state index in [0.717, 1.165) is 11.8 Å². The van der Waals surface area contributed by atoms with Crippen molar-refractivity contribution < 1.29 is 23.9 Å². The van der Waals surface area contributed by atoms with Crippen molar-refractivity contribution >= 4 is 58.4 Å². The van der Waals surface area contributed by atoms with Crippen molar-refractivity contribution in [2.45, 2.75) is 0 Å². The van der Waals surface area contributed by atoms with Crippen LogP contribution in [0.15, 0.2) is 48.5 Å². The normalized spacial score (nSPS) is 10.1. The van der Waals surface area contributed by atoms with Gasteiger partial charge >= 0.3 is 5.97 Å². The smallest absolute Gasteiger partial charge is 0.316 e. The summed E-state index contributed by atoms with van der Waals surface area (Å²) in [6.07, 6.45) is 0. The highest BCUT2D eigenvalue weighted by molar-refractivity contribution is 8.00. The number of rotatable bonds is 9. The molecule has 0 radical (unpaired) electrons. The van der Waals surface area contributed by atoms with Gasteiger partial charge in [-0.05, 0) is 48.5 Å². The summed E-state index contributed by atoms with van der Waals surface area (Å²) in [6, 6.07) is 12.6. The second kappa shape index (κ2) is 11.1. The number of hydrogen-bond acceptors (Lipinski definition) is 6. The van der Waals surface area contributed by atoms with Gasteiger partial charge in [0.05, 0.1) is 11.5 Å². The lowest BCUT2D eigenvalue weighted by Gasteiger charge is -2.07. The van der Waals surface area contributed by atoms with Crippen LogP contribution in [-0.4, -0.2) is 41.8 Å². The zero-order chi connectivity index (χ0) is 21.2. The van der Waals surface area contributed by atoms with Crippen molar-refractivity contribution in [2.75, 3.05) is 28.7 Å². The summed E-state index contributed by atoms with van der Waals surface area (Å²) < 4.78 is 4.86. The van der Waals surface area contributed by atoms with E-state index in [1.807, 2.05) is 0 Å². The minimum atomic E-state index is -0.617. The third-order valence-corrected chi connectivity index (χ3v) is 4.56. The van der Waals surface area contributed by atoms with E-state index in [2.05, 4.69) is 10.6 Å². The Morgan fingerprint density at radius 3 is 2.00 bits per heavy atom. The Kier molecular flexibility index (Phi) is 8.50. The number of amides is 3. The predicted octanol–water partition coefficient (Wildman–Crippen LogP) is 2.29. The molecule has 0 aliphatic carbocycles. The van der Waals surface area contributed by atoms with Gasteiger partial charge in [0.2, 0.25) is 11.8 Å². The van der Waals surface area contributed by atoms with E-state index < -0.39 is 24.4 Å². The summed E-state index contributed by atoms with van der Waals surface area (Å²) in [5.74, 6) is -2.02. The molecule has 29 heavy (non-hydrogen) atoms. The van der Waals surface area contributed by atoms with Gasteiger partial charge in [-0.2, -0.15) is 0 Å². The van der Waals surface area contributed by atoms with Gasteiger partial charge in [-0.1, -0.05) is 11.6 Å². The molecule has 2 aromatic rings. The van der Waals surface area contributed by atoms with Crippen LogP contribution < -0.4 is 16.4 Å². The molecule has 10 heteroatoms. The molecule has 0 aliphatic heterocycles.